The van der Waals surface area contributed by atoms with Crippen molar-refractivity contribution < 1.29 is 38.4 Å². The van der Waals surface area contributed by atoms with Gasteiger partial charge >= 0.3 is 18.1 Å². The van der Waals surface area contributed by atoms with Crippen molar-refractivity contribution in [1.82, 2.24) is 0 Å². The van der Waals surface area contributed by atoms with E-state index in [1.54, 1.807) is 24.3 Å². The van der Waals surface area contributed by atoms with Crippen LogP contribution in [-0.4, -0.2) is 36.4 Å². The SMILES string of the molecule is C=CC(=O)OCCCCOC(=O)Oc1ccc(Oc2ccc(C(=O)O)cc2)cc1. The Balaban J connectivity index is 1.71. The molecule has 0 aliphatic heterocycles. The summed E-state index contributed by atoms with van der Waals surface area (Å²) >= 11 is 0. The van der Waals surface area contributed by atoms with E-state index in [1.807, 2.05) is 0 Å². The number of carbonyl (C=O) groups excluding carboxylic acids is 2. The van der Waals surface area contributed by atoms with Gasteiger partial charge in [0, 0.05) is 6.08 Å². The number of aromatic carboxylic acids is 1. The van der Waals surface area contributed by atoms with Crippen molar-refractivity contribution in [3.05, 3.63) is 66.7 Å². The Kier molecular flexibility index (Phi) is 8.25. The second-order valence-electron chi connectivity index (χ2n) is 5.68. The lowest BCUT2D eigenvalue weighted by Gasteiger charge is -2.08. The summed E-state index contributed by atoms with van der Waals surface area (Å²) in [6.07, 6.45) is 1.31. The third-order valence-corrected chi connectivity index (χ3v) is 3.53. The summed E-state index contributed by atoms with van der Waals surface area (Å²) in [7, 11) is 0. The fourth-order valence-corrected chi connectivity index (χ4v) is 2.09. The number of carbonyl (C=O) groups is 3. The van der Waals surface area contributed by atoms with E-state index in [0.29, 0.717) is 24.3 Å². The lowest BCUT2D eigenvalue weighted by atomic mass is 10.2. The number of esters is 1. The van der Waals surface area contributed by atoms with Gasteiger partial charge in [0.05, 0.1) is 18.8 Å². The molecule has 8 nitrogen and oxygen atoms in total. The minimum Gasteiger partial charge on any atom is -0.478 e. The molecule has 0 amide bonds. The van der Waals surface area contributed by atoms with E-state index in [2.05, 4.69) is 6.58 Å². The zero-order chi connectivity index (χ0) is 21.1. The van der Waals surface area contributed by atoms with Crippen LogP contribution in [0, 0.1) is 0 Å². The van der Waals surface area contributed by atoms with Gasteiger partial charge in [-0.05, 0) is 61.4 Å². The van der Waals surface area contributed by atoms with Gasteiger partial charge < -0.3 is 24.1 Å². The van der Waals surface area contributed by atoms with Crippen molar-refractivity contribution in [3.63, 3.8) is 0 Å². The molecule has 0 radical (unpaired) electrons. The maximum Gasteiger partial charge on any atom is 0.513 e. The summed E-state index contributed by atoms with van der Waals surface area (Å²) in [6.45, 7) is 3.65. The Morgan fingerprint density at radius 1 is 0.828 bits per heavy atom. The molecule has 0 heterocycles. The molecule has 0 atom stereocenters. The number of ether oxygens (including phenoxy) is 4. The molecule has 0 saturated carbocycles. The van der Waals surface area contributed by atoms with Crippen LogP contribution in [-0.2, 0) is 14.3 Å². The van der Waals surface area contributed by atoms with E-state index in [1.165, 1.54) is 24.3 Å². The van der Waals surface area contributed by atoms with Crippen molar-refractivity contribution in [3.8, 4) is 17.2 Å². The molecule has 0 unspecified atom stereocenters. The fraction of sp³-hybridized carbons (Fsp3) is 0.190. The second kappa shape index (κ2) is 11.1. The average Bonchev–Trinajstić information content (AvgIpc) is 2.72. The van der Waals surface area contributed by atoms with Crippen LogP contribution in [0.4, 0.5) is 4.79 Å². The zero-order valence-electron chi connectivity index (χ0n) is 15.5. The van der Waals surface area contributed by atoms with Crippen LogP contribution in [0.15, 0.2) is 61.2 Å². The average molecular weight is 400 g/mol. The van der Waals surface area contributed by atoms with Crippen molar-refractivity contribution in [2.45, 2.75) is 12.8 Å². The highest BCUT2D eigenvalue weighted by Crippen LogP contribution is 2.24. The molecule has 0 aliphatic carbocycles. The molecule has 0 fully saturated rings. The van der Waals surface area contributed by atoms with Crippen molar-refractivity contribution in [2.75, 3.05) is 13.2 Å². The number of carboxylic acids is 1. The third-order valence-electron chi connectivity index (χ3n) is 3.53. The van der Waals surface area contributed by atoms with Crippen LogP contribution in [0.25, 0.3) is 0 Å². The quantitative estimate of drug-likeness (QED) is 0.274. The highest BCUT2D eigenvalue weighted by Gasteiger charge is 2.07. The minimum atomic E-state index is -1.01. The molecule has 0 aromatic heterocycles. The van der Waals surface area contributed by atoms with Gasteiger partial charge in [-0.15, -0.1) is 0 Å². The molecule has 8 heteroatoms. The molecule has 2 aromatic rings. The summed E-state index contributed by atoms with van der Waals surface area (Å²) in [4.78, 5) is 33.3. The molecule has 0 aliphatic rings. The zero-order valence-corrected chi connectivity index (χ0v) is 15.5. The Labute approximate surface area is 167 Å². The monoisotopic (exact) mass is 400 g/mol. The van der Waals surface area contributed by atoms with E-state index >= 15 is 0 Å². The van der Waals surface area contributed by atoms with Crippen LogP contribution < -0.4 is 9.47 Å². The normalized spacial score (nSPS) is 9.93. The molecule has 0 bridgehead atoms. The predicted molar refractivity (Wildman–Crippen MR) is 102 cm³/mol. The molecule has 29 heavy (non-hydrogen) atoms. The van der Waals surface area contributed by atoms with Crippen molar-refractivity contribution >= 4 is 18.1 Å². The Hall–Kier alpha value is -3.81. The van der Waals surface area contributed by atoms with Gasteiger partial charge in [-0.25, -0.2) is 14.4 Å². The summed E-state index contributed by atoms with van der Waals surface area (Å²) in [5.74, 6) is -0.260. The Morgan fingerprint density at radius 3 is 1.90 bits per heavy atom. The maximum atomic E-state index is 11.6. The topological polar surface area (TPSA) is 108 Å². The molecular weight excluding hydrogens is 380 g/mol. The number of benzene rings is 2. The predicted octanol–water partition coefficient (Wildman–Crippen LogP) is 4.20. The highest BCUT2D eigenvalue weighted by atomic mass is 16.7. The molecule has 2 aromatic carbocycles. The summed E-state index contributed by atoms with van der Waals surface area (Å²) in [5.41, 5.74) is 0.164. The Morgan fingerprint density at radius 2 is 1.34 bits per heavy atom. The van der Waals surface area contributed by atoms with Gasteiger partial charge in [-0.3, -0.25) is 0 Å². The van der Waals surface area contributed by atoms with E-state index in [4.69, 9.17) is 24.1 Å². The first-order valence-electron chi connectivity index (χ1n) is 8.73. The lowest BCUT2D eigenvalue weighted by molar-refractivity contribution is -0.137. The number of rotatable bonds is 10. The van der Waals surface area contributed by atoms with Crippen LogP contribution in [0.1, 0.15) is 23.2 Å². The molecule has 1 N–H and O–H groups in total. The second-order valence-corrected chi connectivity index (χ2v) is 5.68. The summed E-state index contributed by atoms with van der Waals surface area (Å²) in [6, 6.07) is 12.2. The van der Waals surface area contributed by atoms with Gasteiger partial charge in [0.25, 0.3) is 0 Å². The third kappa shape index (κ3) is 7.76. The van der Waals surface area contributed by atoms with Crippen molar-refractivity contribution in [2.24, 2.45) is 0 Å². The minimum absolute atomic E-state index is 0.137. The fourth-order valence-electron chi connectivity index (χ4n) is 2.09. The molecule has 0 saturated heterocycles. The number of unbranched alkanes of at least 4 members (excludes halogenated alkanes) is 1. The molecule has 152 valence electrons. The first-order chi connectivity index (χ1) is 14.0. The molecular formula is C21H20O8. The number of carboxylic acid groups (broad SMARTS) is 1. The van der Waals surface area contributed by atoms with Gasteiger partial charge in [-0.1, -0.05) is 6.58 Å². The smallest absolute Gasteiger partial charge is 0.478 e. The van der Waals surface area contributed by atoms with Crippen LogP contribution >= 0.6 is 0 Å². The maximum absolute atomic E-state index is 11.6. The van der Waals surface area contributed by atoms with Gasteiger partial charge in [0.2, 0.25) is 0 Å². The van der Waals surface area contributed by atoms with Crippen molar-refractivity contribution in [1.29, 1.82) is 0 Å². The van der Waals surface area contributed by atoms with Crippen LogP contribution in [0.2, 0.25) is 0 Å². The molecule has 0 spiro atoms. The molecule has 2 rings (SSSR count). The van der Waals surface area contributed by atoms with Crippen LogP contribution in [0.3, 0.4) is 0 Å². The van der Waals surface area contributed by atoms with Crippen LogP contribution in [0.5, 0.6) is 17.2 Å². The van der Waals surface area contributed by atoms with E-state index in [0.717, 1.165) is 6.08 Å². The first-order valence-corrected chi connectivity index (χ1v) is 8.73. The van der Waals surface area contributed by atoms with E-state index < -0.39 is 18.1 Å². The van der Waals surface area contributed by atoms with Gasteiger partial charge in [0.15, 0.2) is 0 Å². The van der Waals surface area contributed by atoms with E-state index in [9.17, 15) is 14.4 Å². The largest absolute Gasteiger partial charge is 0.513 e. The number of hydrogen-bond acceptors (Lipinski definition) is 7. The standard InChI is InChI=1S/C21H20O8/c1-2-19(22)26-13-3-4-14-27-21(25)29-18-11-9-17(10-12-18)28-16-7-5-15(6-8-16)20(23)24/h2,5-12H,1,3-4,13-14H2,(H,23,24). The lowest BCUT2D eigenvalue weighted by Crippen LogP contribution is -2.12. The summed E-state index contributed by atoms with van der Waals surface area (Å²) < 4.78 is 20.4. The highest BCUT2D eigenvalue weighted by molar-refractivity contribution is 5.87. The van der Waals surface area contributed by atoms with E-state index in [-0.39, 0.29) is 24.5 Å². The number of hydrogen-bond donors (Lipinski definition) is 1. The van der Waals surface area contributed by atoms with Gasteiger partial charge in [-0.2, -0.15) is 0 Å². The summed E-state index contributed by atoms with van der Waals surface area (Å²) in [5, 5.41) is 8.88. The Bertz CT molecular complexity index is 840. The first kappa shape index (κ1) is 21.5. The van der Waals surface area contributed by atoms with Gasteiger partial charge in [0.1, 0.15) is 17.2 Å².